The van der Waals surface area contributed by atoms with Crippen LogP contribution in [0.25, 0.3) is 16.8 Å². The van der Waals surface area contributed by atoms with E-state index in [-0.39, 0.29) is 11.5 Å². The molecule has 23 heavy (non-hydrogen) atoms. The van der Waals surface area contributed by atoms with Gasteiger partial charge in [0.2, 0.25) is 0 Å². The summed E-state index contributed by atoms with van der Waals surface area (Å²) in [6, 6.07) is 11.4. The van der Waals surface area contributed by atoms with Crippen molar-refractivity contribution in [2.75, 3.05) is 0 Å². The van der Waals surface area contributed by atoms with Crippen LogP contribution in [0.3, 0.4) is 0 Å². The van der Waals surface area contributed by atoms with Gasteiger partial charge in [-0.3, -0.25) is 0 Å². The topological polar surface area (TPSA) is 56.5 Å². The molecule has 118 valence electrons. The predicted octanol–water partition coefficient (Wildman–Crippen LogP) is 3.49. The van der Waals surface area contributed by atoms with Gasteiger partial charge in [0, 0.05) is 5.56 Å². The third-order valence-corrected chi connectivity index (χ3v) is 3.17. The van der Waals surface area contributed by atoms with Crippen LogP contribution in [0.15, 0.2) is 42.5 Å². The number of carbonyl (C=O) groups is 1. The largest absolute Gasteiger partial charge is 0.455 e. The lowest BCUT2D eigenvalue weighted by molar-refractivity contribution is 0.00650. The van der Waals surface area contributed by atoms with Crippen LogP contribution in [0.1, 0.15) is 31.3 Å². The van der Waals surface area contributed by atoms with Crippen molar-refractivity contribution in [3.63, 3.8) is 0 Å². The van der Waals surface area contributed by atoms with E-state index in [9.17, 15) is 9.18 Å². The van der Waals surface area contributed by atoms with Crippen LogP contribution in [0.2, 0.25) is 0 Å². The summed E-state index contributed by atoms with van der Waals surface area (Å²) in [6.45, 7) is 5.38. The van der Waals surface area contributed by atoms with E-state index in [1.165, 1.54) is 12.1 Å². The normalized spacial score (nSPS) is 11.7. The van der Waals surface area contributed by atoms with Crippen LogP contribution >= 0.6 is 0 Å². The maximum Gasteiger partial charge on any atom is 0.361 e. The standard InChI is InChI=1S/C17H16FN3O2/c1-17(2,3)23-16(22)15-14-6-4-5-13(21(14)20-19-15)11-7-9-12(18)10-8-11/h4-10H,1-3H3. The Morgan fingerprint density at radius 1 is 1.13 bits per heavy atom. The van der Waals surface area contributed by atoms with Crippen molar-refractivity contribution in [3.05, 3.63) is 54.0 Å². The monoisotopic (exact) mass is 313 g/mol. The molecule has 0 saturated carbocycles. The number of carbonyl (C=O) groups excluding carboxylic acids is 1. The SMILES string of the molecule is CC(C)(C)OC(=O)c1nnn2c(-c3ccc(F)cc3)cccc12. The van der Waals surface area contributed by atoms with Crippen LogP contribution in [0.4, 0.5) is 4.39 Å². The first kappa shape index (κ1) is 15.1. The minimum absolute atomic E-state index is 0.156. The van der Waals surface area contributed by atoms with Gasteiger partial charge < -0.3 is 4.74 Å². The number of hydrogen-bond donors (Lipinski definition) is 0. The molecule has 0 spiro atoms. The summed E-state index contributed by atoms with van der Waals surface area (Å²) in [5.41, 5.74) is 1.58. The van der Waals surface area contributed by atoms with Gasteiger partial charge in [0.1, 0.15) is 16.9 Å². The van der Waals surface area contributed by atoms with E-state index in [0.717, 1.165) is 5.56 Å². The van der Waals surface area contributed by atoms with Crippen LogP contribution in [0.5, 0.6) is 0 Å². The van der Waals surface area contributed by atoms with Gasteiger partial charge in [0.15, 0.2) is 5.69 Å². The molecule has 2 aromatic heterocycles. The summed E-state index contributed by atoms with van der Waals surface area (Å²) in [5.74, 6) is -0.835. The molecule has 1 aromatic carbocycles. The molecule has 0 saturated heterocycles. The second kappa shape index (κ2) is 5.46. The van der Waals surface area contributed by atoms with Gasteiger partial charge in [-0.15, -0.1) is 5.10 Å². The number of rotatable bonds is 2. The average Bonchev–Trinajstić information content (AvgIpc) is 2.90. The molecule has 0 N–H and O–H groups in total. The molecule has 3 rings (SSSR count). The third kappa shape index (κ3) is 3.06. The van der Waals surface area contributed by atoms with E-state index in [1.54, 1.807) is 49.6 Å². The second-order valence-corrected chi connectivity index (χ2v) is 6.15. The minimum Gasteiger partial charge on any atom is -0.455 e. The van der Waals surface area contributed by atoms with E-state index in [0.29, 0.717) is 11.2 Å². The first-order chi connectivity index (χ1) is 10.8. The maximum absolute atomic E-state index is 13.1. The lowest BCUT2D eigenvalue weighted by Gasteiger charge is -2.18. The molecular formula is C17H16FN3O2. The number of aromatic nitrogens is 3. The van der Waals surface area contributed by atoms with Crippen LogP contribution < -0.4 is 0 Å². The Labute approximate surface area is 132 Å². The fourth-order valence-electron chi connectivity index (χ4n) is 2.23. The number of halogens is 1. The Balaban J connectivity index is 2.07. The third-order valence-electron chi connectivity index (χ3n) is 3.17. The molecule has 0 bridgehead atoms. The van der Waals surface area contributed by atoms with Gasteiger partial charge in [0.05, 0.1) is 5.69 Å². The highest BCUT2D eigenvalue weighted by molar-refractivity contribution is 5.95. The molecule has 6 heteroatoms. The zero-order valence-electron chi connectivity index (χ0n) is 13.1. The van der Waals surface area contributed by atoms with Crippen molar-refractivity contribution in [1.29, 1.82) is 0 Å². The number of pyridine rings is 1. The van der Waals surface area contributed by atoms with E-state index in [1.807, 2.05) is 6.07 Å². The molecule has 0 aliphatic rings. The summed E-state index contributed by atoms with van der Waals surface area (Å²) in [5, 5.41) is 7.99. The molecule has 0 amide bonds. The number of hydrogen-bond acceptors (Lipinski definition) is 4. The van der Waals surface area contributed by atoms with Crippen molar-refractivity contribution in [1.82, 2.24) is 14.8 Å². The Hall–Kier alpha value is -2.76. The van der Waals surface area contributed by atoms with E-state index in [4.69, 9.17) is 4.74 Å². The Bertz CT molecular complexity index is 864. The lowest BCUT2D eigenvalue weighted by Crippen LogP contribution is -2.24. The lowest BCUT2D eigenvalue weighted by atomic mass is 10.1. The second-order valence-electron chi connectivity index (χ2n) is 6.15. The molecule has 0 aliphatic carbocycles. The van der Waals surface area contributed by atoms with Gasteiger partial charge in [-0.1, -0.05) is 11.3 Å². The number of fused-ring (bicyclic) bond motifs is 1. The highest BCUT2D eigenvalue weighted by atomic mass is 19.1. The zero-order valence-corrected chi connectivity index (χ0v) is 13.1. The summed E-state index contributed by atoms with van der Waals surface area (Å²) in [6.07, 6.45) is 0. The van der Waals surface area contributed by atoms with E-state index < -0.39 is 11.6 Å². The van der Waals surface area contributed by atoms with Crippen molar-refractivity contribution in [2.45, 2.75) is 26.4 Å². The van der Waals surface area contributed by atoms with Crippen molar-refractivity contribution >= 4 is 11.5 Å². The van der Waals surface area contributed by atoms with Crippen molar-refractivity contribution in [2.24, 2.45) is 0 Å². The minimum atomic E-state index is -0.610. The highest BCUT2D eigenvalue weighted by Gasteiger charge is 2.23. The highest BCUT2D eigenvalue weighted by Crippen LogP contribution is 2.22. The Morgan fingerprint density at radius 3 is 2.48 bits per heavy atom. The summed E-state index contributed by atoms with van der Waals surface area (Å²) in [7, 11) is 0. The summed E-state index contributed by atoms with van der Waals surface area (Å²) in [4.78, 5) is 12.2. The van der Waals surface area contributed by atoms with Crippen molar-refractivity contribution in [3.8, 4) is 11.3 Å². The molecule has 3 aromatic rings. The van der Waals surface area contributed by atoms with Crippen LogP contribution in [0, 0.1) is 5.82 Å². The first-order valence-corrected chi connectivity index (χ1v) is 7.19. The van der Waals surface area contributed by atoms with Crippen molar-refractivity contribution < 1.29 is 13.9 Å². The number of benzene rings is 1. The molecule has 2 heterocycles. The van der Waals surface area contributed by atoms with Gasteiger partial charge >= 0.3 is 5.97 Å². The first-order valence-electron chi connectivity index (χ1n) is 7.19. The van der Waals surface area contributed by atoms with E-state index in [2.05, 4.69) is 10.3 Å². The molecule has 0 aliphatic heterocycles. The molecular weight excluding hydrogens is 297 g/mol. The number of ether oxygens (including phenoxy) is 1. The van der Waals surface area contributed by atoms with Gasteiger partial charge in [-0.05, 0) is 57.2 Å². The molecule has 0 unspecified atom stereocenters. The molecule has 0 atom stereocenters. The Morgan fingerprint density at radius 2 is 1.83 bits per heavy atom. The predicted molar refractivity (Wildman–Crippen MR) is 83.5 cm³/mol. The Kier molecular flexibility index (Phi) is 3.60. The zero-order chi connectivity index (χ0) is 16.6. The summed E-state index contributed by atoms with van der Waals surface area (Å²) >= 11 is 0. The molecule has 0 fully saturated rings. The summed E-state index contributed by atoms with van der Waals surface area (Å²) < 4.78 is 20.0. The fourth-order valence-corrected chi connectivity index (χ4v) is 2.23. The quantitative estimate of drug-likeness (QED) is 0.680. The average molecular weight is 313 g/mol. The van der Waals surface area contributed by atoms with Gasteiger partial charge in [-0.2, -0.15) is 0 Å². The molecule has 5 nitrogen and oxygen atoms in total. The number of esters is 1. The van der Waals surface area contributed by atoms with Crippen LogP contribution in [-0.4, -0.2) is 26.4 Å². The van der Waals surface area contributed by atoms with E-state index >= 15 is 0 Å². The smallest absolute Gasteiger partial charge is 0.361 e. The van der Waals surface area contributed by atoms with Gasteiger partial charge in [-0.25, -0.2) is 13.7 Å². The fraction of sp³-hybridized carbons (Fsp3) is 0.235. The number of nitrogens with zero attached hydrogens (tertiary/aromatic N) is 3. The molecule has 0 radical (unpaired) electrons. The van der Waals surface area contributed by atoms with Crippen LogP contribution in [-0.2, 0) is 4.74 Å². The maximum atomic E-state index is 13.1. The van der Waals surface area contributed by atoms with Gasteiger partial charge in [0.25, 0.3) is 0 Å².